The fourth-order valence-electron chi connectivity index (χ4n) is 1.52. The SMILES string of the molecule is CCC(C)(C(=O)O)n1nnnc1-c1csc(I)c1. The topological polar surface area (TPSA) is 80.9 Å². The Kier molecular flexibility index (Phi) is 3.66. The second kappa shape index (κ2) is 4.92. The van der Waals surface area contributed by atoms with E-state index in [0.29, 0.717) is 12.2 Å². The molecule has 0 aliphatic rings. The van der Waals surface area contributed by atoms with Gasteiger partial charge in [0.05, 0.1) is 2.88 Å². The average molecular weight is 378 g/mol. The molecule has 0 aliphatic heterocycles. The number of thiophene rings is 1. The van der Waals surface area contributed by atoms with Gasteiger partial charge in [-0.25, -0.2) is 9.48 Å². The van der Waals surface area contributed by atoms with Gasteiger partial charge in [-0.1, -0.05) is 6.92 Å². The molecule has 8 heteroatoms. The molecule has 2 rings (SSSR count). The number of carboxylic acids is 1. The number of tetrazole rings is 1. The molecule has 0 amide bonds. The lowest BCUT2D eigenvalue weighted by Crippen LogP contribution is -2.39. The second-order valence-electron chi connectivity index (χ2n) is 3.99. The molecular weight excluding hydrogens is 367 g/mol. The number of hydrogen-bond acceptors (Lipinski definition) is 5. The summed E-state index contributed by atoms with van der Waals surface area (Å²) in [7, 11) is 0. The maximum Gasteiger partial charge on any atom is 0.331 e. The van der Waals surface area contributed by atoms with Crippen molar-refractivity contribution in [3.05, 3.63) is 14.3 Å². The zero-order chi connectivity index (χ0) is 13.3. The van der Waals surface area contributed by atoms with E-state index >= 15 is 0 Å². The Hall–Kier alpha value is -1.03. The molecule has 0 saturated carbocycles. The molecule has 0 radical (unpaired) electrons. The number of aromatic nitrogens is 4. The first-order chi connectivity index (χ1) is 8.49. The van der Waals surface area contributed by atoms with Crippen molar-refractivity contribution < 1.29 is 9.90 Å². The monoisotopic (exact) mass is 378 g/mol. The Morgan fingerprint density at radius 2 is 2.39 bits per heavy atom. The van der Waals surface area contributed by atoms with E-state index in [4.69, 9.17) is 0 Å². The fourth-order valence-corrected chi connectivity index (χ4v) is 2.84. The van der Waals surface area contributed by atoms with Crippen molar-refractivity contribution in [2.75, 3.05) is 0 Å². The first-order valence-corrected chi connectivity index (χ1v) is 7.21. The number of rotatable bonds is 4. The van der Waals surface area contributed by atoms with Crippen molar-refractivity contribution in [1.29, 1.82) is 0 Å². The minimum atomic E-state index is -1.13. The highest BCUT2D eigenvalue weighted by molar-refractivity contribution is 14.1. The van der Waals surface area contributed by atoms with E-state index in [1.165, 1.54) is 4.68 Å². The van der Waals surface area contributed by atoms with E-state index in [1.807, 2.05) is 11.4 Å². The molecule has 0 bridgehead atoms. The van der Waals surface area contributed by atoms with Gasteiger partial charge < -0.3 is 5.11 Å². The van der Waals surface area contributed by atoms with Gasteiger partial charge in [-0.05, 0) is 52.4 Å². The molecule has 2 heterocycles. The van der Waals surface area contributed by atoms with Crippen LogP contribution in [0, 0.1) is 2.88 Å². The van der Waals surface area contributed by atoms with E-state index in [1.54, 1.807) is 25.2 Å². The molecule has 2 aromatic heterocycles. The smallest absolute Gasteiger partial charge is 0.331 e. The summed E-state index contributed by atoms with van der Waals surface area (Å²) in [6.07, 6.45) is 0.404. The number of aliphatic carboxylic acids is 1. The first kappa shape index (κ1) is 13.4. The van der Waals surface area contributed by atoms with Crippen molar-refractivity contribution in [2.24, 2.45) is 0 Å². The van der Waals surface area contributed by atoms with Gasteiger partial charge >= 0.3 is 5.97 Å². The van der Waals surface area contributed by atoms with Crippen LogP contribution in [0.1, 0.15) is 20.3 Å². The highest BCUT2D eigenvalue weighted by Crippen LogP contribution is 2.29. The van der Waals surface area contributed by atoms with Crippen molar-refractivity contribution >= 4 is 39.9 Å². The Morgan fingerprint density at radius 1 is 1.67 bits per heavy atom. The van der Waals surface area contributed by atoms with Crippen LogP contribution in [0.15, 0.2) is 11.4 Å². The first-order valence-electron chi connectivity index (χ1n) is 5.25. The normalized spacial score (nSPS) is 14.4. The third-order valence-corrected chi connectivity index (χ3v) is 4.70. The number of carbonyl (C=O) groups is 1. The summed E-state index contributed by atoms with van der Waals surface area (Å²) < 4.78 is 2.48. The summed E-state index contributed by atoms with van der Waals surface area (Å²) in [5.74, 6) is -0.454. The summed E-state index contributed by atoms with van der Waals surface area (Å²) in [6.45, 7) is 3.42. The summed E-state index contributed by atoms with van der Waals surface area (Å²) in [4.78, 5) is 11.4. The summed E-state index contributed by atoms with van der Waals surface area (Å²) >= 11 is 3.77. The summed E-state index contributed by atoms with van der Waals surface area (Å²) in [5, 5.41) is 22.7. The second-order valence-corrected chi connectivity index (χ2v) is 6.79. The Morgan fingerprint density at radius 3 is 2.89 bits per heavy atom. The van der Waals surface area contributed by atoms with E-state index in [9.17, 15) is 9.90 Å². The maximum absolute atomic E-state index is 11.4. The van der Waals surface area contributed by atoms with Crippen LogP contribution in [0.5, 0.6) is 0 Å². The van der Waals surface area contributed by atoms with Crippen LogP contribution in [0.25, 0.3) is 11.4 Å². The lowest BCUT2D eigenvalue weighted by atomic mass is 9.99. The molecule has 0 aromatic carbocycles. The van der Waals surface area contributed by atoms with Gasteiger partial charge in [0, 0.05) is 10.9 Å². The molecule has 0 aliphatic carbocycles. The Balaban J connectivity index is 2.54. The van der Waals surface area contributed by atoms with Gasteiger partial charge in [0.1, 0.15) is 0 Å². The number of nitrogens with zero attached hydrogens (tertiary/aromatic N) is 4. The predicted molar refractivity (Wildman–Crippen MR) is 75.4 cm³/mol. The third-order valence-electron chi connectivity index (χ3n) is 2.91. The van der Waals surface area contributed by atoms with E-state index < -0.39 is 11.5 Å². The van der Waals surface area contributed by atoms with Gasteiger partial charge in [-0.3, -0.25) is 0 Å². The molecule has 0 saturated heterocycles. The fraction of sp³-hybridized carbons (Fsp3) is 0.400. The maximum atomic E-state index is 11.4. The highest BCUT2D eigenvalue weighted by Gasteiger charge is 2.37. The molecule has 2 aromatic rings. The molecule has 1 unspecified atom stereocenters. The van der Waals surface area contributed by atoms with E-state index in [0.717, 1.165) is 8.45 Å². The lowest BCUT2D eigenvalue weighted by Gasteiger charge is -2.23. The van der Waals surface area contributed by atoms with Crippen LogP contribution < -0.4 is 0 Å². The van der Waals surface area contributed by atoms with Crippen LogP contribution in [-0.4, -0.2) is 31.3 Å². The minimum Gasteiger partial charge on any atom is -0.479 e. The van der Waals surface area contributed by atoms with Gasteiger partial charge in [-0.2, -0.15) is 0 Å². The average Bonchev–Trinajstić information content (AvgIpc) is 2.95. The zero-order valence-corrected chi connectivity index (χ0v) is 12.8. The van der Waals surface area contributed by atoms with Crippen molar-refractivity contribution in [2.45, 2.75) is 25.8 Å². The van der Waals surface area contributed by atoms with Crippen molar-refractivity contribution in [1.82, 2.24) is 20.2 Å². The van der Waals surface area contributed by atoms with E-state index in [-0.39, 0.29) is 0 Å². The largest absolute Gasteiger partial charge is 0.479 e. The zero-order valence-electron chi connectivity index (χ0n) is 9.79. The van der Waals surface area contributed by atoms with Crippen LogP contribution in [-0.2, 0) is 10.3 Å². The number of carboxylic acid groups (broad SMARTS) is 1. The molecular formula is C10H11IN4O2S. The van der Waals surface area contributed by atoms with Crippen LogP contribution in [0.3, 0.4) is 0 Å². The predicted octanol–water partition coefficient (Wildman–Crippen LogP) is 2.22. The Labute approximate surface area is 121 Å². The lowest BCUT2D eigenvalue weighted by molar-refractivity contribution is -0.147. The highest BCUT2D eigenvalue weighted by atomic mass is 127. The van der Waals surface area contributed by atoms with E-state index in [2.05, 4.69) is 38.1 Å². The molecule has 1 N–H and O–H groups in total. The van der Waals surface area contributed by atoms with Crippen molar-refractivity contribution in [3.8, 4) is 11.4 Å². The van der Waals surface area contributed by atoms with Crippen LogP contribution in [0.4, 0.5) is 0 Å². The van der Waals surface area contributed by atoms with Gasteiger partial charge in [0.25, 0.3) is 0 Å². The number of hydrogen-bond donors (Lipinski definition) is 1. The molecule has 0 fully saturated rings. The summed E-state index contributed by atoms with van der Waals surface area (Å²) in [6, 6.07) is 1.94. The van der Waals surface area contributed by atoms with Gasteiger partial charge in [0.15, 0.2) is 11.4 Å². The van der Waals surface area contributed by atoms with Crippen LogP contribution in [0.2, 0.25) is 0 Å². The molecule has 96 valence electrons. The molecule has 18 heavy (non-hydrogen) atoms. The molecule has 0 spiro atoms. The molecule has 6 nitrogen and oxygen atoms in total. The molecule has 1 atom stereocenters. The standard InChI is InChI=1S/C10H11IN4O2S/c1-3-10(2,9(16)17)15-8(12-13-14-15)6-4-7(11)18-5-6/h4-5H,3H2,1-2H3,(H,16,17). The Bertz CT molecular complexity index is 582. The van der Waals surface area contributed by atoms with Crippen LogP contribution >= 0.6 is 33.9 Å². The van der Waals surface area contributed by atoms with Gasteiger partial charge in [0.2, 0.25) is 0 Å². The minimum absolute atomic E-state index is 0.404. The van der Waals surface area contributed by atoms with Crippen molar-refractivity contribution in [3.63, 3.8) is 0 Å². The van der Waals surface area contributed by atoms with Gasteiger partial charge in [-0.15, -0.1) is 16.4 Å². The third kappa shape index (κ3) is 2.14. The quantitative estimate of drug-likeness (QED) is 0.826. The number of halogens is 1. The summed E-state index contributed by atoms with van der Waals surface area (Å²) in [5.41, 5.74) is -0.290.